The maximum Gasteiger partial charge on any atom is 0.289 e. The lowest BCUT2D eigenvalue weighted by molar-refractivity contribution is 0.318. The Morgan fingerprint density at radius 1 is 1.25 bits per heavy atom. The zero-order valence-electron chi connectivity index (χ0n) is 12.6. The molecule has 3 nitrogen and oxygen atoms in total. The third kappa shape index (κ3) is 5.10. The average Bonchev–Trinajstić information content (AvgIpc) is 2.44. The average molecular weight is 296 g/mol. The first kappa shape index (κ1) is 16.9. The summed E-state index contributed by atoms with van der Waals surface area (Å²) in [5.41, 5.74) is 2.72. The number of rotatable bonds is 8. The second-order valence-electron chi connectivity index (χ2n) is 5.52. The van der Waals surface area contributed by atoms with E-state index in [0.29, 0.717) is 6.42 Å². The fourth-order valence-corrected chi connectivity index (χ4v) is 2.27. The summed E-state index contributed by atoms with van der Waals surface area (Å²) in [5, 5.41) is 0.828. The van der Waals surface area contributed by atoms with E-state index in [1.807, 2.05) is 0 Å². The minimum Gasteiger partial charge on any atom is -0.267 e. The lowest BCUT2D eigenvalue weighted by Crippen LogP contribution is -2.15. The fourth-order valence-electron chi connectivity index (χ4n) is 1.83. The van der Waals surface area contributed by atoms with Crippen molar-refractivity contribution >= 4 is 10.1 Å². The highest BCUT2D eigenvalue weighted by Crippen LogP contribution is 2.26. The van der Waals surface area contributed by atoms with Crippen LogP contribution in [-0.4, -0.2) is 15.0 Å². The highest BCUT2D eigenvalue weighted by molar-refractivity contribution is 7.89. The summed E-state index contributed by atoms with van der Waals surface area (Å²) in [6.07, 6.45) is 2.57. The summed E-state index contributed by atoms with van der Waals surface area (Å²) in [6, 6.07) is 8.52. The molecule has 1 aromatic rings. The smallest absolute Gasteiger partial charge is 0.267 e. The molecule has 0 saturated heterocycles. The van der Waals surface area contributed by atoms with Gasteiger partial charge in [0.2, 0.25) is 0 Å². The van der Waals surface area contributed by atoms with Gasteiger partial charge in [0.05, 0.1) is 12.0 Å². The van der Waals surface area contributed by atoms with Crippen LogP contribution < -0.4 is 0 Å². The number of benzene rings is 1. The van der Waals surface area contributed by atoms with Crippen molar-refractivity contribution in [1.29, 1.82) is 0 Å². The second-order valence-corrected chi connectivity index (χ2v) is 7.07. The summed E-state index contributed by atoms with van der Waals surface area (Å²) in [5.74, 6) is 0. The van der Waals surface area contributed by atoms with Gasteiger partial charge in [-0.25, -0.2) is 0 Å². The van der Waals surface area contributed by atoms with Crippen LogP contribution in [0.5, 0.6) is 0 Å². The van der Waals surface area contributed by atoms with Gasteiger partial charge in [-0.15, -0.1) is 0 Å². The third-order valence-corrected chi connectivity index (χ3v) is 4.58. The molecule has 0 spiro atoms. The number of aryl methyl sites for hydroxylation is 1. The van der Waals surface area contributed by atoms with Crippen LogP contribution in [0.25, 0.3) is 0 Å². The molecule has 0 aromatic heterocycles. The molecule has 0 radical (unpaired) electrons. The first-order chi connectivity index (χ1) is 9.30. The summed E-state index contributed by atoms with van der Waals surface area (Å²) in [4.78, 5) is 0. The Hall–Kier alpha value is -1.13. The van der Waals surface area contributed by atoms with Crippen LogP contribution >= 0.6 is 0 Å². The lowest BCUT2D eigenvalue weighted by Gasteiger charge is -2.23. The largest absolute Gasteiger partial charge is 0.289 e. The Kier molecular flexibility index (Phi) is 5.96. The Balaban J connectivity index is 2.49. The topological polar surface area (TPSA) is 43.4 Å². The summed E-state index contributed by atoms with van der Waals surface area (Å²) in [7, 11) is -3.54. The van der Waals surface area contributed by atoms with Crippen molar-refractivity contribution in [3.05, 3.63) is 47.4 Å². The van der Waals surface area contributed by atoms with Gasteiger partial charge in [0.25, 0.3) is 10.1 Å². The van der Waals surface area contributed by atoms with Gasteiger partial charge in [0.1, 0.15) is 0 Å². The van der Waals surface area contributed by atoms with Crippen LogP contribution in [0.2, 0.25) is 0 Å². The van der Waals surface area contributed by atoms with Gasteiger partial charge in [-0.05, 0) is 35.8 Å². The highest BCUT2D eigenvalue weighted by atomic mass is 32.2. The molecule has 0 fully saturated rings. The molecule has 0 aliphatic carbocycles. The van der Waals surface area contributed by atoms with Crippen molar-refractivity contribution in [2.75, 3.05) is 6.61 Å². The zero-order valence-corrected chi connectivity index (χ0v) is 13.4. The van der Waals surface area contributed by atoms with Gasteiger partial charge < -0.3 is 0 Å². The third-order valence-electron chi connectivity index (χ3n) is 3.68. The summed E-state index contributed by atoms with van der Waals surface area (Å²) in [6.45, 7) is 10.0. The first-order valence-corrected chi connectivity index (χ1v) is 8.39. The summed E-state index contributed by atoms with van der Waals surface area (Å²) >= 11 is 0. The van der Waals surface area contributed by atoms with Crippen molar-refractivity contribution in [1.82, 2.24) is 0 Å². The molecule has 0 atom stereocenters. The quantitative estimate of drug-likeness (QED) is 0.541. The predicted molar refractivity (Wildman–Crippen MR) is 83.1 cm³/mol. The van der Waals surface area contributed by atoms with Crippen LogP contribution in [0.4, 0.5) is 0 Å². The van der Waals surface area contributed by atoms with Crippen LogP contribution in [0.3, 0.4) is 0 Å². The minimum absolute atomic E-state index is 0.191. The normalized spacial score (nSPS) is 12.3. The molecule has 0 N–H and O–H groups in total. The van der Waals surface area contributed by atoms with Gasteiger partial charge in [0, 0.05) is 0 Å². The molecule has 0 amide bonds. The van der Waals surface area contributed by atoms with E-state index >= 15 is 0 Å². The van der Waals surface area contributed by atoms with E-state index in [9.17, 15) is 8.42 Å². The molecule has 20 heavy (non-hydrogen) atoms. The van der Waals surface area contributed by atoms with E-state index < -0.39 is 10.1 Å². The number of hydrogen-bond donors (Lipinski definition) is 0. The SMILES string of the molecule is C=CS(=O)(=O)OCCCc1ccc(C(C)(C)CC)cc1. The molecule has 0 bridgehead atoms. The molecule has 0 unspecified atom stereocenters. The van der Waals surface area contributed by atoms with E-state index in [2.05, 4.69) is 51.6 Å². The minimum atomic E-state index is -3.54. The highest BCUT2D eigenvalue weighted by Gasteiger charge is 2.17. The van der Waals surface area contributed by atoms with Crippen LogP contribution in [0, 0.1) is 0 Å². The Morgan fingerprint density at radius 3 is 2.35 bits per heavy atom. The van der Waals surface area contributed by atoms with Gasteiger partial charge in [0.15, 0.2) is 0 Å². The van der Waals surface area contributed by atoms with Crippen molar-refractivity contribution in [3.63, 3.8) is 0 Å². The molecular formula is C16H24O3S. The number of hydrogen-bond acceptors (Lipinski definition) is 3. The molecule has 0 saturated carbocycles. The van der Waals surface area contributed by atoms with Crippen molar-refractivity contribution in [3.8, 4) is 0 Å². The van der Waals surface area contributed by atoms with Crippen molar-refractivity contribution in [2.24, 2.45) is 0 Å². The van der Waals surface area contributed by atoms with Gasteiger partial charge >= 0.3 is 0 Å². The van der Waals surface area contributed by atoms with Gasteiger partial charge in [-0.2, -0.15) is 8.42 Å². The Morgan fingerprint density at radius 2 is 1.85 bits per heavy atom. The van der Waals surface area contributed by atoms with E-state index in [1.54, 1.807) is 0 Å². The van der Waals surface area contributed by atoms with E-state index in [-0.39, 0.29) is 12.0 Å². The monoisotopic (exact) mass is 296 g/mol. The van der Waals surface area contributed by atoms with E-state index in [1.165, 1.54) is 11.1 Å². The molecule has 4 heteroatoms. The molecule has 1 aromatic carbocycles. The van der Waals surface area contributed by atoms with Crippen LogP contribution in [0.15, 0.2) is 36.3 Å². The molecular weight excluding hydrogens is 272 g/mol. The molecule has 0 aliphatic heterocycles. The molecule has 0 heterocycles. The fraction of sp³-hybridized carbons (Fsp3) is 0.500. The molecule has 1 rings (SSSR count). The van der Waals surface area contributed by atoms with E-state index in [4.69, 9.17) is 4.18 Å². The molecule has 0 aliphatic rings. The lowest BCUT2D eigenvalue weighted by atomic mass is 9.82. The van der Waals surface area contributed by atoms with Crippen molar-refractivity contribution < 1.29 is 12.6 Å². The van der Waals surface area contributed by atoms with Crippen LogP contribution in [0.1, 0.15) is 44.7 Å². The zero-order chi connectivity index (χ0) is 15.2. The predicted octanol–water partition coefficient (Wildman–Crippen LogP) is 3.80. The van der Waals surface area contributed by atoms with Gasteiger partial charge in [-0.3, -0.25) is 4.18 Å². The van der Waals surface area contributed by atoms with Crippen LogP contribution in [-0.2, 0) is 26.1 Å². The first-order valence-electron chi connectivity index (χ1n) is 6.92. The van der Waals surface area contributed by atoms with E-state index in [0.717, 1.165) is 18.2 Å². The Bertz CT molecular complexity index is 527. The van der Waals surface area contributed by atoms with Gasteiger partial charge in [-0.1, -0.05) is 51.6 Å². The van der Waals surface area contributed by atoms with Crippen molar-refractivity contribution in [2.45, 2.75) is 45.4 Å². The maximum atomic E-state index is 11.1. The Labute approximate surface area is 122 Å². The molecule has 112 valence electrons. The summed E-state index contributed by atoms with van der Waals surface area (Å²) < 4.78 is 26.9. The second kappa shape index (κ2) is 7.04. The maximum absolute atomic E-state index is 11.1. The standard InChI is InChI=1S/C16H24O3S/c1-5-16(3,4)15-11-9-14(10-12-15)8-7-13-19-20(17,18)6-2/h6,9-12H,2,5,7-8,13H2,1,3-4H3.